The van der Waals surface area contributed by atoms with Crippen LogP contribution < -0.4 is 39.1 Å². The van der Waals surface area contributed by atoms with Gasteiger partial charge >= 0.3 is 17.6 Å². The Morgan fingerprint density at radius 3 is 1.98 bits per heavy atom. The molecule has 12 rings (SSSR count). The number of phenols is 1. The third-order valence-electron chi connectivity index (χ3n) is 15.6. The number of fused-ring (bicyclic) bond motifs is 5. The summed E-state index contributed by atoms with van der Waals surface area (Å²) in [5, 5.41) is 46.6. The van der Waals surface area contributed by atoms with E-state index < -0.39 is 34.7 Å². The Kier molecular flexibility index (Phi) is 16.7. The number of aromatic carboxylic acids is 2. The van der Waals surface area contributed by atoms with Crippen LogP contribution in [-0.4, -0.2) is 72.9 Å². The number of aryl methyl sites for hydroxylation is 2. The van der Waals surface area contributed by atoms with E-state index in [1.807, 2.05) is 26.0 Å². The van der Waals surface area contributed by atoms with Gasteiger partial charge in [-0.3, -0.25) is 0 Å². The van der Waals surface area contributed by atoms with Crippen LogP contribution in [0.4, 0.5) is 5.69 Å². The Labute approximate surface area is 502 Å². The topological polar surface area (TPSA) is 197 Å². The molecule has 87 heavy (non-hydrogen) atoms. The first-order valence-corrected chi connectivity index (χ1v) is 27.9. The zero-order valence-corrected chi connectivity index (χ0v) is 49.9. The minimum atomic E-state index is -1.34. The summed E-state index contributed by atoms with van der Waals surface area (Å²) in [6, 6.07) is 49.1. The van der Waals surface area contributed by atoms with Crippen molar-refractivity contribution in [3.63, 3.8) is 0 Å². The third kappa shape index (κ3) is 11.7. The van der Waals surface area contributed by atoms with E-state index in [-0.39, 0.29) is 28.7 Å². The number of rotatable bonds is 12. The van der Waals surface area contributed by atoms with Crippen molar-refractivity contribution >= 4 is 79.3 Å². The number of nitrogens with zero attached hydrogens (tertiary/aromatic N) is 3. The van der Waals surface area contributed by atoms with Crippen LogP contribution in [0.2, 0.25) is 0 Å². The fraction of sp³-hybridized carbons (Fsp3) is 0.167. The first kappa shape index (κ1) is 59.4. The standard InChI is InChI=1S/C26H28N3.C23H22O6.C23H16O6/c1-19-17-21(20(2)29(19)24-9-7-6-8-10-24)11-13-23-14-12-22-18-25(27(3)4)15-16-26(22)28(23)5;1-23(2)11-10-15-16(29-23)12-17-19(20(15)26-4)21(27-5)18(22(24)28-17)13-6-8-14(25-3)9-7-13;24-20-16(14-7-3-1-5-12(14)9-18(20)22(26)27)11-17-15-8-4-2-6-13(15)10-19(21(17)25)23(28)29/h6-18H,1-5H3;6-12H,1-5H3;1-10,24-25H,11H2,(H,26,27)(H,28,29)/q+1;;/p-1. The molecule has 8 aromatic carbocycles. The van der Waals surface area contributed by atoms with Gasteiger partial charge in [0.05, 0.1) is 32.5 Å². The van der Waals surface area contributed by atoms with Crippen molar-refractivity contribution in [2.45, 2.75) is 39.7 Å². The van der Waals surface area contributed by atoms with E-state index in [0.717, 1.165) is 5.56 Å². The lowest BCUT2D eigenvalue weighted by Crippen LogP contribution is -2.32. The zero-order valence-electron chi connectivity index (χ0n) is 49.9. The molecule has 11 aromatic rings. The summed E-state index contributed by atoms with van der Waals surface area (Å²) in [6.45, 7) is 8.25. The Morgan fingerprint density at radius 1 is 0.713 bits per heavy atom. The van der Waals surface area contributed by atoms with Crippen LogP contribution in [-0.2, 0) is 13.5 Å². The number of carboxylic acid groups (broad SMARTS) is 2. The maximum Gasteiger partial charge on any atom is 0.347 e. The van der Waals surface area contributed by atoms with Crippen molar-refractivity contribution in [3.8, 4) is 51.3 Å². The Morgan fingerprint density at radius 2 is 1.34 bits per heavy atom. The normalized spacial score (nSPS) is 12.3. The number of hydrogen-bond acceptors (Lipinski definition) is 11. The number of aromatic nitrogens is 2. The van der Waals surface area contributed by atoms with Crippen LogP contribution in [0.25, 0.3) is 78.5 Å². The molecule has 0 atom stereocenters. The third-order valence-corrected chi connectivity index (χ3v) is 15.6. The second-order valence-electron chi connectivity index (χ2n) is 21.8. The summed E-state index contributed by atoms with van der Waals surface area (Å²) in [6.07, 6.45) is 8.23. The number of carboxylic acids is 2. The SMILES string of the molecule is COc1ccc(-c2c(OC)c3c(OC)c4c(cc3oc2=O)OC(C)(C)C=C4)cc1.Cc1cc(C=Cc2ccc3cc(N(C)C)ccc3[n+]2C)c(C)n1-c1ccccc1.O=C(O)c1cc2ccccc2c(Cc2c(O)c(C(=O)O)cc3ccccc23)c1[O-]. The molecule has 0 unspecified atom stereocenters. The Bertz CT molecular complexity index is 4510. The van der Waals surface area contributed by atoms with Crippen molar-refractivity contribution in [1.82, 2.24) is 4.57 Å². The molecule has 0 spiro atoms. The van der Waals surface area contributed by atoms with E-state index in [1.54, 1.807) is 93.1 Å². The lowest BCUT2D eigenvalue weighted by molar-refractivity contribution is -0.646. The highest BCUT2D eigenvalue weighted by molar-refractivity contribution is 6.03. The number of aromatic hydroxyl groups is 1. The maximum absolute atomic E-state index is 12.9. The van der Waals surface area contributed by atoms with Crippen LogP contribution in [0, 0.1) is 13.8 Å². The van der Waals surface area contributed by atoms with E-state index in [0.29, 0.717) is 66.6 Å². The molecule has 440 valence electrons. The molecule has 1 aliphatic rings. The Hall–Kier alpha value is -10.8. The first-order chi connectivity index (χ1) is 41.7. The second-order valence-corrected chi connectivity index (χ2v) is 21.8. The van der Waals surface area contributed by atoms with Gasteiger partial charge in [0.2, 0.25) is 11.2 Å². The quantitative estimate of drug-likeness (QED) is 0.0772. The van der Waals surface area contributed by atoms with Gasteiger partial charge < -0.3 is 53.3 Å². The molecule has 3 N–H and O–H groups in total. The summed E-state index contributed by atoms with van der Waals surface area (Å²) in [5.74, 6) is -1.52. The summed E-state index contributed by atoms with van der Waals surface area (Å²) >= 11 is 0. The maximum atomic E-state index is 12.9. The summed E-state index contributed by atoms with van der Waals surface area (Å²) < 4.78 is 32.9. The van der Waals surface area contributed by atoms with Crippen LogP contribution >= 0.6 is 0 Å². The van der Waals surface area contributed by atoms with Gasteiger partial charge in [0, 0.05) is 78.5 Å². The Balaban J connectivity index is 0.000000144. The van der Waals surface area contributed by atoms with Crippen molar-refractivity contribution < 1.29 is 57.9 Å². The molecule has 0 aliphatic carbocycles. The number of anilines is 1. The molecular formula is C72H65N3O12. The molecule has 15 heteroatoms. The van der Waals surface area contributed by atoms with Gasteiger partial charge in [-0.1, -0.05) is 84.6 Å². The summed E-state index contributed by atoms with van der Waals surface area (Å²) in [5.41, 5.74) is 9.51. The molecule has 0 bridgehead atoms. The highest BCUT2D eigenvalue weighted by atomic mass is 16.5. The first-order valence-electron chi connectivity index (χ1n) is 27.9. The van der Waals surface area contributed by atoms with E-state index in [2.05, 4.69) is 128 Å². The van der Waals surface area contributed by atoms with Crippen LogP contribution in [0.1, 0.15) is 73.9 Å². The molecule has 4 heterocycles. The van der Waals surface area contributed by atoms with Crippen LogP contribution in [0.3, 0.4) is 0 Å². The molecule has 0 fully saturated rings. The predicted octanol–water partition coefficient (Wildman–Crippen LogP) is 13.7. The lowest BCUT2D eigenvalue weighted by atomic mass is 9.90. The van der Waals surface area contributed by atoms with Crippen molar-refractivity contribution in [3.05, 3.63) is 225 Å². The number of benzene rings is 8. The van der Waals surface area contributed by atoms with Gasteiger partial charge in [0.25, 0.3) is 0 Å². The second kappa shape index (κ2) is 24.4. The molecule has 3 aromatic heterocycles. The van der Waals surface area contributed by atoms with Gasteiger partial charge in [-0.2, -0.15) is 4.57 Å². The fourth-order valence-corrected chi connectivity index (χ4v) is 11.2. The number of carbonyl (C=O) groups is 2. The molecular weight excluding hydrogens is 1100 g/mol. The predicted molar refractivity (Wildman–Crippen MR) is 341 cm³/mol. The highest BCUT2D eigenvalue weighted by Crippen LogP contribution is 2.47. The summed E-state index contributed by atoms with van der Waals surface area (Å²) in [7, 11) is 11.0. The van der Waals surface area contributed by atoms with Crippen LogP contribution in [0.15, 0.2) is 173 Å². The minimum absolute atomic E-state index is 0.103. The molecule has 15 nitrogen and oxygen atoms in total. The van der Waals surface area contributed by atoms with Crippen LogP contribution in [0.5, 0.6) is 34.5 Å². The lowest BCUT2D eigenvalue weighted by Gasteiger charge is -2.29. The average molecular weight is 1160 g/mol. The minimum Gasteiger partial charge on any atom is -0.872 e. The van der Waals surface area contributed by atoms with E-state index in [4.69, 9.17) is 23.4 Å². The van der Waals surface area contributed by atoms with Crippen molar-refractivity contribution in [1.29, 1.82) is 0 Å². The van der Waals surface area contributed by atoms with Gasteiger partial charge in [0.1, 0.15) is 63.5 Å². The summed E-state index contributed by atoms with van der Waals surface area (Å²) in [4.78, 5) is 38.2. The van der Waals surface area contributed by atoms with Crippen molar-refractivity contribution in [2.75, 3.05) is 40.3 Å². The molecule has 0 amide bonds. The van der Waals surface area contributed by atoms with Crippen molar-refractivity contribution in [2.24, 2.45) is 7.05 Å². The largest absolute Gasteiger partial charge is 0.872 e. The smallest absolute Gasteiger partial charge is 0.347 e. The number of methoxy groups -OCH3 is 3. The number of hydrogen-bond donors (Lipinski definition) is 3. The van der Waals surface area contributed by atoms with E-state index in [9.17, 15) is 34.8 Å². The molecule has 0 saturated carbocycles. The molecule has 1 aliphatic heterocycles. The van der Waals surface area contributed by atoms with Gasteiger partial charge in [-0.05, 0) is 145 Å². The van der Waals surface area contributed by atoms with Gasteiger partial charge in [0.15, 0.2) is 0 Å². The molecule has 0 radical (unpaired) electrons. The highest BCUT2D eigenvalue weighted by Gasteiger charge is 2.30. The fourth-order valence-electron chi connectivity index (χ4n) is 11.2. The van der Waals surface area contributed by atoms with Gasteiger partial charge in [-0.25, -0.2) is 14.4 Å². The molecule has 0 saturated heterocycles. The number of para-hydroxylation sites is 1. The van der Waals surface area contributed by atoms with E-state index >= 15 is 0 Å². The van der Waals surface area contributed by atoms with Gasteiger partial charge in [-0.15, -0.1) is 0 Å². The monoisotopic (exact) mass is 1160 g/mol. The van der Waals surface area contributed by atoms with E-state index in [1.165, 1.54) is 64.2 Å². The number of ether oxygens (including phenoxy) is 4. The average Bonchev–Trinajstić information content (AvgIpc) is 1.49. The number of pyridine rings is 1. The zero-order chi connectivity index (χ0) is 62.0.